The number of benzene rings is 1. The number of carboxylic acid groups (broad SMARTS) is 1. The lowest BCUT2D eigenvalue weighted by molar-refractivity contribution is -0.137. The number of aliphatic carboxylic acids is 1. The van der Waals surface area contributed by atoms with Crippen LogP contribution in [0, 0.1) is 0 Å². The van der Waals surface area contributed by atoms with Crippen LogP contribution in [0.5, 0.6) is 0 Å². The number of hydrogen-bond donors (Lipinski definition) is 2. The molecule has 1 aromatic carbocycles. The number of halogens is 1. The summed E-state index contributed by atoms with van der Waals surface area (Å²) in [6, 6.07) is 5.81. The molecule has 0 radical (unpaired) electrons. The Morgan fingerprint density at radius 2 is 2.21 bits per heavy atom. The van der Waals surface area contributed by atoms with E-state index in [-0.39, 0.29) is 24.1 Å². The summed E-state index contributed by atoms with van der Waals surface area (Å²) in [5.74, 6) is 0.0456. The van der Waals surface area contributed by atoms with Crippen LogP contribution in [0.3, 0.4) is 0 Å². The van der Waals surface area contributed by atoms with E-state index >= 15 is 0 Å². The molecule has 0 bridgehead atoms. The van der Waals surface area contributed by atoms with Crippen molar-refractivity contribution in [2.24, 2.45) is 0 Å². The second-order valence-corrected chi connectivity index (χ2v) is 8.48. The summed E-state index contributed by atoms with van der Waals surface area (Å²) in [6.45, 7) is 7.11. The number of fused-ring (bicyclic) bond motifs is 1. The van der Waals surface area contributed by atoms with Gasteiger partial charge in [-0.25, -0.2) is 4.98 Å². The second-order valence-electron chi connectivity index (χ2n) is 7.56. The number of aromatic nitrogens is 2. The average molecular weight is 465 g/mol. The van der Waals surface area contributed by atoms with Gasteiger partial charge in [-0.05, 0) is 38.0 Å². The Kier molecular flexibility index (Phi) is 7.43. The molecule has 0 spiro atoms. The van der Waals surface area contributed by atoms with Crippen LogP contribution in [-0.2, 0) is 11.3 Å². The van der Waals surface area contributed by atoms with Gasteiger partial charge in [0.15, 0.2) is 0 Å². The number of nitrogens with zero attached hydrogens (tertiary/aromatic N) is 3. The molecule has 1 aliphatic heterocycles. The first-order valence-corrected chi connectivity index (χ1v) is 11.1. The van der Waals surface area contributed by atoms with Gasteiger partial charge in [0.2, 0.25) is 0 Å². The third-order valence-corrected chi connectivity index (χ3v) is 6.05. The lowest BCUT2D eigenvalue weighted by Gasteiger charge is -2.39. The zero-order valence-electron chi connectivity index (χ0n) is 17.0. The van der Waals surface area contributed by atoms with Crippen molar-refractivity contribution in [1.29, 1.82) is 0 Å². The predicted molar refractivity (Wildman–Crippen MR) is 117 cm³/mol. The van der Waals surface area contributed by atoms with Crippen molar-refractivity contribution < 1.29 is 9.90 Å². The Labute approximate surface area is 179 Å². The summed E-state index contributed by atoms with van der Waals surface area (Å²) < 4.78 is 2.66. The third-order valence-electron chi connectivity index (χ3n) is 5.56. The van der Waals surface area contributed by atoms with Gasteiger partial charge in [-0.15, -0.1) is 0 Å². The van der Waals surface area contributed by atoms with E-state index in [4.69, 9.17) is 10.1 Å². The molecule has 2 atom stereocenters. The summed E-state index contributed by atoms with van der Waals surface area (Å²) in [5.41, 5.74) is 0.712. The molecule has 8 heteroatoms. The Hall–Kier alpha value is -1.77. The first-order valence-electron chi connectivity index (χ1n) is 10.3. The summed E-state index contributed by atoms with van der Waals surface area (Å²) in [7, 11) is 0. The Morgan fingerprint density at radius 1 is 1.41 bits per heavy atom. The van der Waals surface area contributed by atoms with Crippen LogP contribution in [-0.4, -0.2) is 51.2 Å². The summed E-state index contributed by atoms with van der Waals surface area (Å²) in [4.78, 5) is 31.4. The maximum Gasteiger partial charge on any atom is 0.303 e. The van der Waals surface area contributed by atoms with Gasteiger partial charge in [-0.3, -0.25) is 19.1 Å². The molecule has 1 aliphatic rings. The lowest BCUT2D eigenvalue weighted by Crippen LogP contribution is -2.52. The van der Waals surface area contributed by atoms with Gasteiger partial charge in [0.05, 0.1) is 16.9 Å². The van der Waals surface area contributed by atoms with Gasteiger partial charge in [0.1, 0.15) is 5.82 Å². The normalized spacial score (nSPS) is 18.8. The molecule has 158 valence electrons. The highest BCUT2D eigenvalue weighted by atomic mass is 79.9. The molecule has 29 heavy (non-hydrogen) atoms. The highest BCUT2D eigenvalue weighted by molar-refractivity contribution is 9.10. The van der Waals surface area contributed by atoms with Crippen LogP contribution in [0.25, 0.3) is 10.9 Å². The van der Waals surface area contributed by atoms with Gasteiger partial charge in [0.25, 0.3) is 5.56 Å². The van der Waals surface area contributed by atoms with Crippen LogP contribution in [0.15, 0.2) is 27.5 Å². The van der Waals surface area contributed by atoms with Crippen molar-refractivity contribution in [1.82, 2.24) is 19.8 Å². The molecule has 0 saturated carbocycles. The van der Waals surface area contributed by atoms with Gasteiger partial charge in [-0.2, -0.15) is 0 Å². The van der Waals surface area contributed by atoms with E-state index in [0.717, 1.165) is 48.3 Å². The van der Waals surface area contributed by atoms with E-state index in [1.807, 2.05) is 25.1 Å². The molecule has 2 aromatic rings. The zero-order chi connectivity index (χ0) is 21.0. The highest BCUT2D eigenvalue weighted by Crippen LogP contribution is 2.27. The van der Waals surface area contributed by atoms with Gasteiger partial charge in [-0.1, -0.05) is 29.3 Å². The van der Waals surface area contributed by atoms with Crippen molar-refractivity contribution in [2.45, 2.75) is 58.2 Å². The van der Waals surface area contributed by atoms with E-state index in [9.17, 15) is 9.59 Å². The van der Waals surface area contributed by atoms with Crippen LogP contribution in [0.4, 0.5) is 0 Å². The summed E-state index contributed by atoms with van der Waals surface area (Å²) in [6.07, 6.45) is 2.64. The fourth-order valence-corrected chi connectivity index (χ4v) is 4.51. The standard InChI is InChI=1S/C21H29BrN4O3/c1-3-5-18(25-11-10-23-15(13-25)7-9-19(27)28)20-24-17-8-6-14(22)12-16(17)21(29)26(20)4-2/h6,8,12,15,18,23H,3-5,7,9-11,13H2,1-2H3,(H,27,28)/t15-,18?/m0/s1. The molecule has 3 rings (SSSR count). The average Bonchev–Trinajstić information content (AvgIpc) is 2.71. The predicted octanol–water partition coefficient (Wildman–Crippen LogP) is 3.16. The molecular formula is C21H29BrN4O3. The van der Waals surface area contributed by atoms with Crippen LogP contribution in [0.2, 0.25) is 0 Å². The summed E-state index contributed by atoms with van der Waals surface area (Å²) in [5, 5.41) is 13.1. The zero-order valence-corrected chi connectivity index (χ0v) is 18.6. The molecule has 0 aliphatic carbocycles. The minimum Gasteiger partial charge on any atom is -0.481 e. The molecular weight excluding hydrogens is 436 g/mol. The molecule has 0 amide bonds. The molecule has 2 heterocycles. The first kappa shape index (κ1) is 21.9. The van der Waals surface area contributed by atoms with E-state index in [0.29, 0.717) is 18.4 Å². The quantitative estimate of drug-likeness (QED) is 0.623. The van der Waals surface area contributed by atoms with Crippen LogP contribution >= 0.6 is 15.9 Å². The Bertz CT molecular complexity index is 930. The van der Waals surface area contributed by atoms with Gasteiger partial charge in [0, 0.05) is 43.1 Å². The SMILES string of the molecule is CCCC(c1nc2ccc(Br)cc2c(=O)n1CC)N1CCN[C@@H](CCC(=O)O)C1. The monoisotopic (exact) mass is 464 g/mol. The number of rotatable bonds is 8. The van der Waals surface area contributed by atoms with E-state index in [1.165, 1.54) is 0 Å². The van der Waals surface area contributed by atoms with Crippen molar-refractivity contribution >= 4 is 32.8 Å². The molecule has 1 aromatic heterocycles. The number of hydrogen-bond acceptors (Lipinski definition) is 5. The fraction of sp³-hybridized carbons (Fsp3) is 0.571. The van der Waals surface area contributed by atoms with Crippen molar-refractivity contribution in [3.05, 3.63) is 38.9 Å². The van der Waals surface area contributed by atoms with Crippen LogP contribution < -0.4 is 10.9 Å². The smallest absolute Gasteiger partial charge is 0.303 e. The molecule has 2 N–H and O–H groups in total. The lowest BCUT2D eigenvalue weighted by atomic mass is 10.0. The topological polar surface area (TPSA) is 87.5 Å². The Morgan fingerprint density at radius 3 is 2.90 bits per heavy atom. The number of nitrogens with one attached hydrogen (secondary N) is 1. The maximum absolute atomic E-state index is 13.2. The maximum atomic E-state index is 13.2. The van der Waals surface area contributed by atoms with E-state index < -0.39 is 5.97 Å². The third kappa shape index (κ3) is 5.05. The minimum absolute atomic E-state index is 0.00698. The number of carbonyl (C=O) groups is 1. The van der Waals surface area contributed by atoms with Gasteiger partial charge < -0.3 is 10.4 Å². The van der Waals surface area contributed by atoms with Crippen molar-refractivity contribution in [2.75, 3.05) is 19.6 Å². The minimum atomic E-state index is -0.767. The van der Waals surface area contributed by atoms with Crippen molar-refractivity contribution in [3.8, 4) is 0 Å². The molecule has 7 nitrogen and oxygen atoms in total. The fourth-order valence-electron chi connectivity index (χ4n) is 4.14. The summed E-state index contributed by atoms with van der Waals surface area (Å²) >= 11 is 3.45. The van der Waals surface area contributed by atoms with Gasteiger partial charge >= 0.3 is 5.97 Å². The Balaban J connectivity index is 1.98. The number of carboxylic acids is 1. The first-order chi connectivity index (χ1) is 13.9. The van der Waals surface area contributed by atoms with E-state index in [1.54, 1.807) is 4.57 Å². The molecule has 1 saturated heterocycles. The van der Waals surface area contributed by atoms with E-state index in [2.05, 4.69) is 33.1 Å². The molecule has 1 fully saturated rings. The largest absolute Gasteiger partial charge is 0.481 e. The van der Waals surface area contributed by atoms with Crippen molar-refractivity contribution in [3.63, 3.8) is 0 Å². The highest BCUT2D eigenvalue weighted by Gasteiger charge is 2.29. The van der Waals surface area contributed by atoms with Crippen LogP contribution in [0.1, 0.15) is 51.4 Å². The number of piperazine rings is 1. The second kappa shape index (κ2) is 9.82. The molecule has 1 unspecified atom stereocenters.